The van der Waals surface area contributed by atoms with Gasteiger partial charge in [-0.25, -0.2) is 9.78 Å². The van der Waals surface area contributed by atoms with E-state index in [0.717, 1.165) is 70.4 Å². The fourth-order valence-electron chi connectivity index (χ4n) is 5.40. The lowest BCUT2D eigenvalue weighted by Gasteiger charge is -2.27. The molecule has 7 heteroatoms. The van der Waals surface area contributed by atoms with E-state index in [-0.39, 0.29) is 12.1 Å². The number of amides is 1. The van der Waals surface area contributed by atoms with E-state index in [1.54, 1.807) is 0 Å². The van der Waals surface area contributed by atoms with E-state index in [2.05, 4.69) is 23.2 Å². The number of rotatable bonds is 1. The number of carbonyl (C=O) groups excluding carboxylic acids is 1. The smallest absolute Gasteiger partial charge is 0.410 e. The quantitative estimate of drug-likeness (QED) is 0.436. The topological polar surface area (TPSA) is 67.5 Å². The molecule has 1 aromatic heterocycles. The molecular weight excluding hydrogens is 450 g/mol. The number of imidazole rings is 1. The Morgan fingerprint density at radius 2 is 1.97 bits per heavy atom. The van der Waals surface area contributed by atoms with Gasteiger partial charge in [0.1, 0.15) is 23.8 Å². The first-order valence-electron chi connectivity index (χ1n) is 11.9. The van der Waals surface area contributed by atoms with Crippen LogP contribution in [0.5, 0.6) is 5.75 Å². The molecule has 176 valence electrons. The number of H-pyrrole nitrogens is 1. The minimum atomic E-state index is -0.519. The Hall–Kier alpha value is -2.99. The van der Waals surface area contributed by atoms with E-state index >= 15 is 0 Å². The van der Waals surface area contributed by atoms with Gasteiger partial charge in [-0.05, 0) is 75.8 Å². The first kappa shape index (κ1) is 21.5. The van der Waals surface area contributed by atoms with E-state index in [1.165, 1.54) is 11.1 Å². The Bertz CT molecular complexity index is 1310. The maximum atomic E-state index is 12.8. The highest BCUT2D eigenvalue weighted by Crippen LogP contribution is 2.47. The molecule has 0 radical (unpaired) electrons. The Morgan fingerprint density at radius 3 is 2.79 bits per heavy atom. The minimum Gasteiger partial charge on any atom is -0.488 e. The van der Waals surface area contributed by atoms with E-state index in [4.69, 9.17) is 26.1 Å². The van der Waals surface area contributed by atoms with E-state index in [9.17, 15) is 4.79 Å². The summed E-state index contributed by atoms with van der Waals surface area (Å²) in [6.07, 6.45) is 3.30. The van der Waals surface area contributed by atoms with Crippen molar-refractivity contribution in [3.63, 3.8) is 0 Å². The van der Waals surface area contributed by atoms with Crippen LogP contribution in [-0.2, 0) is 24.2 Å². The molecule has 34 heavy (non-hydrogen) atoms. The van der Waals surface area contributed by atoms with Crippen molar-refractivity contribution in [2.75, 3.05) is 6.54 Å². The molecule has 0 spiro atoms. The number of ether oxygens (including phenoxy) is 2. The van der Waals surface area contributed by atoms with Gasteiger partial charge in [0, 0.05) is 34.0 Å². The summed E-state index contributed by atoms with van der Waals surface area (Å²) >= 11 is 6.19. The molecule has 6 rings (SSSR count). The van der Waals surface area contributed by atoms with Gasteiger partial charge in [-0.2, -0.15) is 0 Å². The van der Waals surface area contributed by atoms with Gasteiger partial charge in [0.2, 0.25) is 0 Å². The summed E-state index contributed by atoms with van der Waals surface area (Å²) in [6.45, 7) is 6.90. The molecule has 2 aliphatic heterocycles. The third-order valence-electron chi connectivity index (χ3n) is 6.86. The Labute approximate surface area is 204 Å². The van der Waals surface area contributed by atoms with E-state index in [0.29, 0.717) is 13.2 Å². The Balaban J connectivity index is 1.35. The van der Waals surface area contributed by atoms with Crippen LogP contribution in [-0.4, -0.2) is 33.1 Å². The average Bonchev–Trinajstić information content (AvgIpc) is 3.44. The summed E-state index contributed by atoms with van der Waals surface area (Å²) in [7, 11) is 0. The number of likely N-dealkylation sites (tertiary alicyclic amines) is 1. The molecule has 0 bridgehead atoms. The predicted octanol–water partition coefficient (Wildman–Crippen LogP) is 6.46. The van der Waals surface area contributed by atoms with Crippen molar-refractivity contribution in [3.8, 4) is 28.1 Å². The van der Waals surface area contributed by atoms with Crippen molar-refractivity contribution < 1.29 is 14.3 Å². The van der Waals surface area contributed by atoms with Crippen LogP contribution >= 0.6 is 11.6 Å². The van der Waals surface area contributed by atoms with Gasteiger partial charge < -0.3 is 14.5 Å². The number of nitrogens with zero attached hydrogens (tertiary/aromatic N) is 2. The zero-order valence-electron chi connectivity index (χ0n) is 19.7. The van der Waals surface area contributed by atoms with Gasteiger partial charge in [-0.3, -0.25) is 4.90 Å². The molecule has 2 aromatic carbocycles. The van der Waals surface area contributed by atoms with Crippen molar-refractivity contribution in [2.45, 2.75) is 64.7 Å². The molecule has 3 heterocycles. The summed E-state index contributed by atoms with van der Waals surface area (Å²) in [4.78, 5) is 23.2. The number of fused-ring (bicyclic) bond motifs is 7. The Morgan fingerprint density at radius 1 is 1.18 bits per heavy atom. The average molecular weight is 478 g/mol. The number of aryl methyl sites for hydroxylation is 1. The fraction of sp³-hybridized carbons (Fsp3) is 0.407. The van der Waals surface area contributed by atoms with Crippen molar-refractivity contribution in [1.29, 1.82) is 0 Å². The van der Waals surface area contributed by atoms with Crippen LogP contribution in [0.4, 0.5) is 4.79 Å². The molecule has 6 nitrogen and oxygen atoms in total. The minimum absolute atomic E-state index is 0.0885. The summed E-state index contributed by atoms with van der Waals surface area (Å²) in [6, 6.07) is 10.2. The van der Waals surface area contributed by atoms with Gasteiger partial charge in [0.05, 0.1) is 11.7 Å². The fourth-order valence-corrected chi connectivity index (χ4v) is 5.60. The highest BCUT2D eigenvalue weighted by Gasteiger charge is 2.36. The van der Waals surface area contributed by atoms with Crippen molar-refractivity contribution in [1.82, 2.24) is 14.9 Å². The number of hydrogen-bond donors (Lipinski definition) is 1. The van der Waals surface area contributed by atoms with Crippen LogP contribution in [0.3, 0.4) is 0 Å². The number of carbonyl (C=O) groups is 1. The van der Waals surface area contributed by atoms with Crippen LogP contribution in [0.2, 0.25) is 5.02 Å². The van der Waals surface area contributed by atoms with Crippen LogP contribution in [0.1, 0.15) is 62.3 Å². The zero-order valence-corrected chi connectivity index (χ0v) is 20.5. The van der Waals surface area contributed by atoms with Crippen molar-refractivity contribution in [3.05, 3.63) is 58.0 Å². The maximum Gasteiger partial charge on any atom is 0.410 e. The third-order valence-corrected chi connectivity index (χ3v) is 7.10. The van der Waals surface area contributed by atoms with E-state index < -0.39 is 5.60 Å². The number of benzene rings is 2. The summed E-state index contributed by atoms with van der Waals surface area (Å²) in [5.74, 6) is 1.80. The molecule has 1 saturated heterocycles. The van der Waals surface area contributed by atoms with Gasteiger partial charge >= 0.3 is 6.09 Å². The van der Waals surface area contributed by atoms with Crippen molar-refractivity contribution in [2.24, 2.45) is 0 Å². The number of aromatic nitrogens is 2. The summed E-state index contributed by atoms with van der Waals surface area (Å²) in [5, 5.41) is 0.727. The SMILES string of the molecule is CC(C)(C)OC(=O)N1CCCC1c1nc2c([nH]1)CCc1c-2ccc2c1OCc1cc(Cl)ccc1-2. The van der Waals surface area contributed by atoms with E-state index in [1.807, 2.05) is 37.8 Å². The number of nitrogens with one attached hydrogen (secondary N) is 1. The van der Waals surface area contributed by atoms with Crippen molar-refractivity contribution >= 4 is 17.7 Å². The van der Waals surface area contributed by atoms with Crippen LogP contribution < -0.4 is 4.74 Å². The summed E-state index contributed by atoms with van der Waals surface area (Å²) in [5.41, 5.74) is 7.31. The molecular formula is C27H28ClN3O3. The molecule has 1 atom stereocenters. The first-order chi connectivity index (χ1) is 16.3. The molecule has 1 fully saturated rings. The molecule has 1 aliphatic carbocycles. The monoisotopic (exact) mass is 477 g/mol. The van der Waals surface area contributed by atoms with Gasteiger partial charge in [0.15, 0.2) is 0 Å². The standard InChI is InChI=1S/C27H28ClN3O3/c1-27(2,3)34-26(32)31-12-4-5-22(31)25-29-21-11-10-20-18(23(21)30-25)8-9-19-17-7-6-16(28)13-15(17)14-33-24(19)20/h6-9,13,22H,4-5,10-12,14H2,1-3H3,(H,29,30). The number of hydrogen-bond acceptors (Lipinski definition) is 4. The van der Waals surface area contributed by atoms with Crippen LogP contribution in [0.15, 0.2) is 30.3 Å². The second-order valence-electron chi connectivity index (χ2n) is 10.3. The molecule has 3 aromatic rings. The Kier molecular flexibility index (Phi) is 4.92. The number of aromatic amines is 1. The second kappa shape index (κ2) is 7.77. The molecule has 0 saturated carbocycles. The predicted molar refractivity (Wildman–Crippen MR) is 131 cm³/mol. The second-order valence-corrected chi connectivity index (χ2v) is 10.8. The highest BCUT2D eigenvalue weighted by molar-refractivity contribution is 6.30. The lowest BCUT2D eigenvalue weighted by atomic mass is 9.86. The first-order valence-corrected chi connectivity index (χ1v) is 12.3. The third kappa shape index (κ3) is 3.56. The normalized spacial score (nSPS) is 18.5. The lowest BCUT2D eigenvalue weighted by molar-refractivity contribution is 0.0218. The largest absolute Gasteiger partial charge is 0.488 e. The molecule has 1 amide bonds. The van der Waals surface area contributed by atoms with Gasteiger partial charge in [-0.1, -0.05) is 23.7 Å². The van der Waals surface area contributed by atoms with Crippen LogP contribution in [0.25, 0.3) is 22.4 Å². The van der Waals surface area contributed by atoms with Gasteiger partial charge in [-0.15, -0.1) is 0 Å². The molecule has 1 N–H and O–H groups in total. The lowest BCUT2D eigenvalue weighted by Crippen LogP contribution is -2.36. The van der Waals surface area contributed by atoms with Gasteiger partial charge in [0.25, 0.3) is 0 Å². The number of halogens is 1. The molecule has 1 unspecified atom stereocenters. The molecule has 3 aliphatic rings. The zero-order chi connectivity index (χ0) is 23.6. The van der Waals surface area contributed by atoms with Crippen LogP contribution in [0, 0.1) is 0 Å². The summed E-state index contributed by atoms with van der Waals surface area (Å²) < 4.78 is 11.9. The highest BCUT2D eigenvalue weighted by atomic mass is 35.5. The maximum absolute atomic E-state index is 12.8.